The molecule has 170 valence electrons. The number of nitrogens with one attached hydrogen (secondary N) is 3. The van der Waals surface area contributed by atoms with Gasteiger partial charge in [-0.15, -0.1) is 0 Å². The number of rotatable bonds is 11. The fourth-order valence-corrected chi connectivity index (χ4v) is 3.87. The largest absolute Gasteiger partial charge is 0.337 e. The van der Waals surface area contributed by atoms with Gasteiger partial charge in [0.1, 0.15) is 0 Å². The quantitative estimate of drug-likeness (QED) is 0.387. The van der Waals surface area contributed by atoms with Crippen LogP contribution in [-0.2, 0) is 0 Å². The summed E-state index contributed by atoms with van der Waals surface area (Å²) in [5.41, 5.74) is 4.34. The molecule has 0 bridgehead atoms. The number of nitrogens with zero attached hydrogens (tertiary/aromatic N) is 1. The van der Waals surface area contributed by atoms with Crippen LogP contribution in [0.4, 0.5) is 10.5 Å². The Hall–Kier alpha value is -1.79. The van der Waals surface area contributed by atoms with E-state index < -0.39 is 0 Å². The lowest BCUT2D eigenvalue weighted by Crippen LogP contribution is -2.33. The molecule has 0 aliphatic heterocycles. The van der Waals surface area contributed by atoms with E-state index in [1.807, 2.05) is 0 Å². The molecule has 2 rings (SSSR count). The average Bonchev–Trinajstić information content (AvgIpc) is 2.68. The van der Waals surface area contributed by atoms with Gasteiger partial charge >= 0.3 is 6.03 Å². The lowest BCUT2D eigenvalue weighted by atomic mass is 9.93. The number of halogens is 2. The molecule has 2 amide bonds. The normalized spacial score (nSPS) is 12.1. The second-order valence-corrected chi connectivity index (χ2v) is 9.10. The highest BCUT2D eigenvalue weighted by Gasteiger charge is 2.14. The molecule has 2 aromatic rings. The van der Waals surface area contributed by atoms with Crippen molar-refractivity contribution in [1.82, 2.24) is 15.5 Å². The van der Waals surface area contributed by atoms with Gasteiger partial charge in [-0.25, -0.2) is 4.79 Å². The summed E-state index contributed by atoms with van der Waals surface area (Å²) in [6.45, 7) is 7.74. The minimum Gasteiger partial charge on any atom is -0.337 e. The van der Waals surface area contributed by atoms with Crippen molar-refractivity contribution in [2.75, 3.05) is 45.6 Å². The molecule has 0 aromatic heterocycles. The Morgan fingerprint density at radius 2 is 1.71 bits per heavy atom. The first kappa shape index (κ1) is 25.5. The van der Waals surface area contributed by atoms with Crippen LogP contribution in [0, 0.1) is 13.8 Å². The van der Waals surface area contributed by atoms with Gasteiger partial charge in [0.15, 0.2) is 0 Å². The molecule has 0 aliphatic carbocycles. The molecule has 0 saturated heterocycles. The molecule has 1 unspecified atom stereocenters. The summed E-state index contributed by atoms with van der Waals surface area (Å²) >= 11 is 12.0. The van der Waals surface area contributed by atoms with Crippen LogP contribution in [0.2, 0.25) is 10.0 Å². The van der Waals surface area contributed by atoms with E-state index >= 15 is 0 Å². The Bertz CT molecular complexity index is 837. The summed E-state index contributed by atoms with van der Waals surface area (Å²) in [6.07, 6.45) is 2.05. The van der Waals surface area contributed by atoms with Crippen LogP contribution in [0.3, 0.4) is 0 Å². The van der Waals surface area contributed by atoms with E-state index in [-0.39, 0.29) is 11.9 Å². The summed E-state index contributed by atoms with van der Waals surface area (Å²) in [4.78, 5) is 14.6. The standard InChI is InChI=1S/C24H34Cl2N4O/c1-17-6-7-19(12-18(17)2)20(8-10-27-9-5-11-30(3)4)16-28-24(31)29-23-14-21(25)13-22(26)15-23/h6-7,12-15,20,27H,5,8-11,16H2,1-4H3,(H2,28,29,31). The van der Waals surface area contributed by atoms with Gasteiger partial charge in [-0.2, -0.15) is 0 Å². The Balaban J connectivity index is 1.94. The van der Waals surface area contributed by atoms with Gasteiger partial charge in [0.25, 0.3) is 0 Å². The topological polar surface area (TPSA) is 56.4 Å². The third-order valence-corrected chi connectivity index (χ3v) is 5.70. The monoisotopic (exact) mass is 464 g/mol. The van der Waals surface area contributed by atoms with Crippen molar-refractivity contribution in [3.05, 3.63) is 63.1 Å². The fraction of sp³-hybridized carbons (Fsp3) is 0.458. The molecule has 0 saturated carbocycles. The zero-order valence-corrected chi connectivity index (χ0v) is 20.4. The molecule has 0 heterocycles. The van der Waals surface area contributed by atoms with E-state index in [4.69, 9.17) is 23.2 Å². The van der Waals surface area contributed by atoms with Gasteiger partial charge in [0.2, 0.25) is 0 Å². The number of carbonyl (C=O) groups excluding carboxylic acids is 1. The van der Waals surface area contributed by atoms with Crippen molar-refractivity contribution in [1.29, 1.82) is 0 Å². The number of amides is 2. The first-order chi connectivity index (χ1) is 14.7. The molecule has 0 spiro atoms. The van der Waals surface area contributed by atoms with Crippen LogP contribution in [0.1, 0.15) is 35.4 Å². The summed E-state index contributed by atoms with van der Waals surface area (Å²) in [7, 11) is 4.17. The Labute approximate surface area is 196 Å². The minimum atomic E-state index is -0.272. The number of carbonyl (C=O) groups is 1. The number of hydrogen-bond donors (Lipinski definition) is 3. The highest BCUT2D eigenvalue weighted by molar-refractivity contribution is 6.35. The Kier molecular flexibility index (Phi) is 10.6. The third-order valence-electron chi connectivity index (χ3n) is 5.26. The van der Waals surface area contributed by atoms with Crippen LogP contribution >= 0.6 is 23.2 Å². The summed E-state index contributed by atoms with van der Waals surface area (Å²) < 4.78 is 0. The smallest absolute Gasteiger partial charge is 0.319 e. The van der Waals surface area contributed by atoms with Crippen molar-refractivity contribution >= 4 is 34.9 Å². The predicted octanol–water partition coefficient (Wildman–Crippen LogP) is 5.45. The molecule has 31 heavy (non-hydrogen) atoms. The highest BCUT2D eigenvalue weighted by Crippen LogP contribution is 2.23. The highest BCUT2D eigenvalue weighted by atomic mass is 35.5. The van der Waals surface area contributed by atoms with E-state index in [1.165, 1.54) is 16.7 Å². The number of aryl methyl sites for hydroxylation is 2. The molecule has 1 atom stereocenters. The van der Waals surface area contributed by atoms with Crippen LogP contribution < -0.4 is 16.0 Å². The third kappa shape index (κ3) is 9.48. The number of urea groups is 1. The van der Waals surface area contributed by atoms with Gasteiger partial charge < -0.3 is 20.9 Å². The first-order valence-electron chi connectivity index (χ1n) is 10.7. The molecular formula is C24H34Cl2N4O. The van der Waals surface area contributed by atoms with E-state index in [0.717, 1.165) is 32.5 Å². The first-order valence-corrected chi connectivity index (χ1v) is 11.4. The minimum absolute atomic E-state index is 0.217. The number of benzene rings is 2. The maximum Gasteiger partial charge on any atom is 0.319 e. The molecule has 3 N–H and O–H groups in total. The fourth-order valence-electron chi connectivity index (χ4n) is 3.34. The molecule has 0 radical (unpaired) electrons. The van der Waals surface area contributed by atoms with E-state index in [0.29, 0.717) is 22.3 Å². The number of hydrogen-bond acceptors (Lipinski definition) is 3. The molecule has 0 aliphatic rings. The molecule has 2 aromatic carbocycles. The summed E-state index contributed by atoms with van der Waals surface area (Å²) in [6, 6.07) is 11.2. The summed E-state index contributed by atoms with van der Waals surface area (Å²) in [5, 5.41) is 10.3. The van der Waals surface area contributed by atoms with E-state index in [2.05, 4.69) is 67.0 Å². The predicted molar refractivity (Wildman–Crippen MR) is 133 cm³/mol. The van der Waals surface area contributed by atoms with Crippen LogP contribution in [0.5, 0.6) is 0 Å². The van der Waals surface area contributed by atoms with Crippen molar-refractivity contribution in [3.8, 4) is 0 Å². The Morgan fingerprint density at radius 1 is 1.00 bits per heavy atom. The van der Waals surface area contributed by atoms with Gasteiger partial charge in [0, 0.05) is 28.2 Å². The van der Waals surface area contributed by atoms with Gasteiger partial charge in [-0.3, -0.25) is 0 Å². The van der Waals surface area contributed by atoms with E-state index in [9.17, 15) is 4.79 Å². The second-order valence-electron chi connectivity index (χ2n) is 8.23. The van der Waals surface area contributed by atoms with Crippen LogP contribution in [0.15, 0.2) is 36.4 Å². The lowest BCUT2D eigenvalue weighted by Gasteiger charge is -2.20. The molecular weight excluding hydrogens is 431 g/mol. The van der Waals surface area contributed by atoms with Gasteiger partial charge in [-0.05, 0) is 95.3 Å². The zero-order valence-electron chi connectivity index (χ0n) is 18.9. The van der Waals surface area contributed by atoms with Gasteiger partial charge in [0.05, 0.1) is 0 Å². The van der Waals surface area contributed by atoms with Crippen LogP contribution in [0.25, 0.3) is 0 Å². The van der Waals surface area contributed by atoms with Crippen molar-refractivity contribution in [3.63, 3.8) is 0 Å². The van der Waals surface area contributed by atoms with Crippen molar-refractivity contribution < 1.29 is 4.79 Å². The molecule has 0 fully saturated rings. The lowest BCUT2D eigenvalue weighted by molar-refractivity contribution is 0.251. The van der Waals surface area contributed by atoms with E-state index in [1.54, 1.807) is 18.2 Å². The van der Waals surface area contributed by atoms with Gasteiger partial charge in [-0.1, -0.05) is 41.4 Å². The second kappa shape index (κ2) is 12.9. The zero-order chi connectivity index (χ0) is 22.8. The molecule has 5 nitrogen and oxygen atoms in total. The molecule has 7 heteroatoms. The number of anilines is 1. The van der Waals surface area contributed by atoms with Crippen LogP contribution in [-0.4, -0.2) is 51.2 Å². The Morgan fingerprint density at radius 3 is 2.35 bits per heavy atom. The maximum absolute atomic E-state index is 12.4. The average molecular weight is 465 g/mol. The maximum atomic E-state index is 12.4. The van der Waals surface area contributed by atoms with Crippen molar-refractivity contribution in [2.24, 2.45) is 0 Å². The van der Waals surface area contributed by atoms with Crippen molar-refractivity contribution in [2.45, 2.75) is 32.6 Å². The SMILES string of the molecule is Cc1ccc(C(CCNCCCN(C)C)CNC(=O)Nc2cc(Cl)cc(Cl)c2)cc1C. The summed E-state index contributed by atoms with van der Waals surface area (Å²) in [5.74, 6) is 0.217.